The van der Waals surface area contributed by atoms with Gasteiger partial charge >= 0.3 is 0 Å². The molecule has 2 aliphatic rings. The lowest BCUT2D eigenvalue weighted by molar-refractivity contribution is 0.0817. The van der Waals surface area contributed by atoms with E-state index in [0.717, 1.165) is 18.4 Å². The van der Waals surface area contributed by atoms with Crippen LogP contribution in [0.4, 0.5) is 17.2 Å². The highest BCUT2D eigenvalue weighted by Gasteiger charge is 2.31. The van der Waals surface area contributed by atoms with Gasteiger partial charge in [0.15, 0.2) is 9.84 Å². The summed E-state index contributed by atoms with van der Waals surface area (Å²) in [5.74, 6) is 0.556. The fourth-order valence-electron chi connectivity index (χ4n) is 4.26. The van der Waals surface area contributed by atoms with Gasteiger partial charge in [0.05, 0.1) is 46.2 Å². The van der Waals surface area contributed by atoms with Gasteiger partial charge in [0.2, 0.25) is 0 Å². The first-order valence-corrected chi connectivity index (χ1v) is 12.8. The lowest BCUT2D eigenvalue weighted by Crippen LogP contribution is -2.18. The van der Waals surface area contributed by atoms with E-state index in [0.29, 0.717) is 58.7 Å². The van der Waals surface area contributed by atoms with Crippen LogP contribution < -0.4 is 5.32 Å². The Labute approximate surface area is 198 Å². The van der Waals surface area contributed by atoms with E-state index in [1.807, 2.05) is 12.1 Å². The molecular formula is C25H23N5O3S. The van der Waals surface area contributed by atoms with E-state index in [4.69, 9.17) is 6.57 Å². The van der Waals surface area contributed by atoms with Gasteiger partial charge in [-0.05, 0) is 54.7 Å². The molecule has 8 nitrogen and oxygen atoms in total. The van der Waals surface area contributed by atoms with Crippen LogP contribution in [0.2, 0.25) is 0 Å². The number of benzene rings is 1. The summed E-state index contributed by atoms with van der Waals surface area (Å²) in [6, 6.07) is 12.5. The van der Waals surface area contributed by atoms with E-state index in [9.17, 15) is 13.2 Å². The molecule has 0 radical (unpaired) electrons. The van der Waals surface area contributed by atoms with Crippen LogP contribution in [0, 0.1) is 6.57 Å². The smallest absolute Gasteiger partial charge is 0.269 e. The molecule has 34 heavy (non-hydrogen) atoms. The second-order valence-corrected chi connectivity index (χ2v) is 10.8. The van der Waals surface area contributed by atoms with Crippen molar-refractivity contribution in [2.45, 2.75) is 36.6 Å². The zero-order valence-corrected chi connectivity index (χ0v) is 19.7. The number of aromatic nitrogens is 2. The molecule has 1 aliphatic carbocycles. The molecule has 1 aromatic carbocycles. The summed E-state index contributed by atoms with van der Waals surface area (Å²) in [4.78, 5) is 27.1. The number of carbonyl (C=O) groups excluding carboxylic acids is 1. The van der Waals surface area contributed by atoms with Gasteiger partial charge in [-0.2, -0.15) is 0 Å². The van der Waals surface area contributed by atoms with Crippen molar-refractivity contribution < 1.29 is 13.2 Å². The Morgan fingerprint density at radius 2 is 1.91 bits per heavy atom. The molecule has 1 aliphatic heterocycles. The Bertz CT molecular complexity index is 1470. The number of hydrogen-bond donors (Lipinski definition) is 1. The van der Waals surface area contributed by atoms with E-state index < -0.39 is 9.84 Å². The summed E-state index contributed by atoms with van der Waals surface area (Å²) < 4.78 is 25.2. The first-order chi connectivity index (χ1) is 16.2. The van der Waals surface area contributed by atoms with Crippen LogP contribution >= 0.6 is 0 Å². The summed E-state index contributed by atoms with van der Waals surface area (Å²) in [7, 11) is -1.79. The molecule has 0 unspecified atom stereocenters. The molecule has 0 spiro atoms. The minimum atomic E-state index is -3.50. The van der Waals surface area contributed by atoms with E-state index in [-0.39, 0.29) is 10.8 Å². The average molecular weight is 474 g/mol. The second kappa shape index (κ2) is 8.22. The molecule has 1 fully saturated rings. The molecule has 3 aromatic rings. The summed E-state index contributed by atoms with van der Waals surface area (Å²) in [5, 5.41) is 3.23. The van der Waals surface area contributed by atoms with Crippen LogP contribution in [0.15, 0.2) is 47.4 Å². The van der Waals surface area contributed by atoms with Crippen LogP contribution in [-0.4, -0.2) is 42.5 Å². The first-order valence-electron chi connectivity index (χ1n) is 11.0. The lowest BCUT2D eigenvalue weighted by Gasteiger charge is -2.16. The van der Waals surface area contributed by atoms with Crippen molar-refractivity contribution in [2.24, 2.45) is 0 Å². The topological polar surface area (TPSA) is 96.6 Å². The van der Waals surface area contributed by atoms with Crippen LogP contribution in [0.5, 0.6) is 0 Å². The Balaban J connectivity index is 1.57. The summed E-state index contributed by atoms with van der Waals surface area (Å²) in [6.45, 7) is 7.55. The molecular weight excluding hydrogens is 450 g/mol. The maximum Gasteiger partial charge on any atom is 0.269 e. The van der Waals surface area contributed by atoms with Gasteiger partial charge in [-0.25, -0.2) is 8.42 Å². The van der Waals surface area contributed by atoms with Crippen LogP contribution in [0.3, 0.4) is 0 Å². The Kier molecular flexibility index (Phi) is 5.33. The van der Waals surface area contributed by atoms with Crippen molar-refractivity contribution in [3.63, 3.8) is 0 Å². The monoisotopic (exact) mass is 473 g/mol. The molecule has 0 bridgehead atoms. The van der Waals surface area contributed by atoms with Crippen molar-refractivity contribution in [1.82, 2.24) is 14.9 Å². The number of amides is 1. The highest BCUT2D eigenvalue weighted by atomic mass is 32.2. The standard InChI is InChI=1S/C25H23N5O3S/c1-26-23-6-4-5-17(28-23)12-18-13-20(24-21(27-18)14-30(2)25(24)31)29-19-10-9-16(15-7-8-15)11-22(19)34(3,32)33/h4-6,9-11,13,15H,7-8,12,14H2,2-3H3,(H,27,29). The van der Waals surface area contributed by atoms with E-state index >= 15 is 0 Å². The molecule has 3 heterocycles. The van der Waals surface area contributed by atoms with Gasteiger partial charge in [0, 0.05) is 13.3 Å². The average Bonchev–Trinajstić information content (AvgIpc) is 3.59. The Morgan fingerprint density at radius 3 is 2.62 bits per heavy atom. The number of anilines is 2. The van der Waals surface area contributed by atoms with Crippen molar-refractivity contribution >= 4 is 32.9 Å². The van der Waals surface area contributed by atoms with Crippen molar-refractivity contribution in [3.05, 3.63) is 82.1 Å². The summed E-state index contributed by atoms with van der Waals surface area (Å²) >= 11 is 0. The predicted molar refractivity (Wildman–Crippen MR) is 128 cm³/mol. The summed E-state index contributed by atoms with van der Waals surface area (Å²) in [5.41, 5.74) is 4.41. The first kappa shape index (κ1) is 22.0. The molecule has 9 heteroatoms. The number of nitrogens with zero attached hydrogens (tertiary/aromatic N) is 4. The third-order valence-corrected chi connectivity index (χ3v) is 7.22. The molecule has 0 atom stereocenters. The fourth-order valence-corrected chi connectivity index (χ4v) is 5.13. The lowest BCUT2D eigenvalue weighted by atomic mass is 10.1. The molecule has 1 N–H and O–H groups in total. The van der Waals surface area contributed by atoms with E-state index in [2.05, 4.69) is 20.1 Å². The predicted octanol–water partition coefficient (Wildman–Crippen LogP) is 4.23. The fraction of sp³-hybridized carbons (Fsp3) is 0.280. The molecule has 0 saturated heterocycles. The van der Waals surface area contributed by atoms with Gasteiger partial charge in [0.1, 0.15) is 5.69 Å². The molecule has 2 aromatic heterocycles. The molecule has 172 valence electrons. The normalized spacial score (nSPS) is 15.2. The number of pyridine rings is 2. The largest absolute Gasteiger partial charge is 0.361 e. The van der Waals surface area contributed by atoms with E-state index in [1.54, 1.807) is 42.3 Å². The highest BCUT2D eigenvalue weighted by Crippen LogP contribution is 2.42. The van der Waals surface area contributed by atoms with Gasteiger partial charge < -0.3 is 15.1 Å². The number of carbonyl (C=O) groups is 1. The number of rotatable bonds is 6. The molecule has 1 saturated carbocycles. The number of hydrogen-bond acceptors (Lipinski definition) is 6. The second-order valence-electron chi connectivity index (χ2n) is 8.85. The van der Waals surface area contributed by atoms with E-state index in [1.165, 1.54) is 6.26 Å². The van der Waals surface area contributed by atoms with Gasteiger partial charge in [-0.1, -0.05) is 18.7 Å². The third-order valence-electron chi connectivity index (χ3n) is 6.09. The SMILES string of the molecule is [C-]#[N+]c1cccc(Cc2cc(Nc3ccc(C4CC4)cc3S(C)(=O)=O)c3c(n2)CN(C)C3=O)n1. The maximum atomic E-state index is 12.9. The van der Waals surface area contributed by atoms with Gasteiger partial charge in [-0.15, -0.1) is 4.98 Å². The van der Waals surface area contributed by atoms with Crippen LogP contribution in [0.25, 0.3) is 4.85 Å². The zero-order chi connectivity index (χ0) is 24.0. The number of nitrogens with one attached hydrogen (secondary N) is 1. The third kappa shape index (κ3) is 4.24. The van der Waals surface area contributed by atoms with Crippen molar-refractivity contribution in [1.29, 1.82) is 0 Å². The van der Waals surface area contributed by atoms with Crippen LogP contribution in [-0.2, 0) is 22.8 Å². The Hall–Kier alpha value is -3.77. The van der Waals surface area contributed by atoms with Crippen molar-refractivity contribution in [2.75, 3.05) is 18.6 Å². The Morgan fingerprint density at radius 1 is 1.12 bits per heavy atom. The van der Waals surface area contributed by atoms with Crippen molar-refractivity contribution in [3.8, 4) is 0 Å². The van der Waals surface area contributed by atoms with Crippen LogP contribution in [0.1, 0.15) is 51.8 Å². The van der Waals surface area contributed by atoms with Gasteiger partial charge in [0.25, 0.3) is 11.7 Å². The quantitative estimate of drug-likeness (QED) is 0.538. The number of sulfone groups is 1. The molecule has 5 rings (SSSR count). The number of fused-ring (bicyclic) bond motifs is 1. The maximum absolute atomic E-state index is 12.9. The summed E-state index contributed by atoms with van der Waals surface area (Å²) in [6.07, 6.45) is 3.71. The zero-order valence-electron chi connectivity index (χ0n) is 18.9. The minimum absolute atomic E-state index is 0.166. The minimum Gasteiger partial charge on any atom is -0.361 e. The van der Waals surface area contributed by atoms with Gasteiger partial charge in [-0.3, -0.25) is 9.78 Å². The highest BCUT2D eigenvalue weighted by molar-refractivity contribution is 7.90. The molecule has 1 amide bonds.